The number of benzene rings is 1. The van der Waals surface area contributed by atoms with Crippen molar-refractivity contribution in [3.05, 3.63) is 47.8 Å². The molecule has 8 nitrogen and oxygen atoms in total. The molecule has 3 heterocycles. The van der Waals surface area contributed by atoms with Crippen molar-refractivity contribution in [3.8, 4) is 34.5 Å². The lowest BCUT2D eigenvalue weighted by Gasteiger charge is -2.14. The predicted octanol–water partition coefficient (Wildman–Crippen LogP) is 4.43. The van der Waals surface area contributed by atoms with Crippen molar-refractivity contribution < 1.29 is 14.2 Å². The van der Waals surface area contributed by atoms with Crippen molar-refractivity contribution in [2.75, 3.05) is 21.3 Å². The monoisotopic (exact) mass is 407 g/mol. The van der Waals surface area contributed by atoms with Gasteiger partial charge in [-0.2, -0.15) is 0 Å². The number of hydrogen-bond acceptors (Lipinski definition) is 7. The highest BCUT2D eigenvalue weighted by Crippen LogP contribution is 2.43. The van der Waals surface area contributed by atoms with E-state index < -0.39 is 0 Å². The highest BCUT2D eigenvalue weighted by atomic mass is 32.1. The van der Waals surface area contributed by atoms with Crippen LogP contribution in [0.2, 0.25) is 0 Å². The topological polar surface area (TPSA) is 75.7 Å². The molecule has 0 atom stereocenters. The maximum absolute atomic E-state index is 7.45. The molecule has 4 aromatic rings. The average molecular weight is 407 g/mol. The summed E-state index contributed by atoms with van der Waals surface area (Å²) in [5.74, 6) is 2.67. The van der Waals surface area contributed by atoms with E-state index in [1.165, 1.54) is 11.3 Å². The summed E-state index contributed by atoms with van der Waals surface area (Å²) in [4.78, 5) is 18.0. The second-order valence-corrected chi connectivity index (χ2v) is 7.06. The van der Waals surface area contributed by atoms with E-state index in [0.29, 0.717) is 39.5 Å². The van der Waals surface area contributed by atoms with Crippen LogP contribution in [0.15, 0.2) is 30.9 Å². The fourth-order valence-electron chi connectivity index (χ4n) is 3.12. The Morgan fingerprint density at radius 2 is 1.79 bits per heavy atom. The van der Waals surface area contributed by atoms with Gasteiger partial charge in [0.2, 0.25) is 10.8 Å². The molecule has 0 unspecified atom stereocenters. The van der Waals surface area contributed by atoms with Gasteiger partial charge in [-0.25, -0.2) is 19.8 Å². The van der Waals surface area contributed by atoms with Crippen LogP contribution in [-0.2, 0) is 0 Å². The molecule has 146 valence electrons. The van der Waals surface area contributed by atoms with Gasteiger partial charge in [0.25, 0.3) is 0 Å². The zero-order chi connectivity index (χ0) is 20.5. The molecule has 3 aromatic heterocycles. The molecule has 4 rings (SSSR count). The maximum atomic E-state index is 7.45. The number of rotatable bonds is 5. The second kappa shape index (κ2) is 7.41. The van der Waals surface area contributed by atoms with E-state index in [4.69, 9.17) is 30.8 Å². The van der Waals surface area contributed by atoms with Crippen LogP contribution >= 0.6 is 11.3 Å². The van der Waals surface area contributed by atoms with Crippen molar-refractivity contribution in [2.45, 2.75) is 6.92 Å². The fourth-order valence-corrected chi connectivity index (χ4v) is 4.09. The lowest BCUT2D eigenvalue weighted by Crippen LogP contribution is -2.01. The van der Waals surface area contributed by atoms with Gasteiger partial charge < -0.3 is 14.2 Å². The molecule has 0 N–H and O–H groups in total. The number of aryl methyl sites for hydroxylation is 1. The third kappa shape index (κ3) is 3.03. The Bertz CT molecular complexity index is 1220. The van der Waals surface area contributed by atoms with Crippen LogP contribution in [0.25, 0.3) is 32.3 Å². The van der Waals surface area contributed by atoms with Gasteiger partial charge in [-0.1, -0.05) is 0 Å². The molecular weight excluding hydrogens is 390 g/mol. The average Bonchev–Trinajstić information content (AvgIpc) is 3.40. The van der Waals surface area contributed by atoms with Crippen LogP contribution in [0.1, 0.15) is 5.56 Å². The Balaban J connectivity index is 2.02. The molecule has 0 amide bonds. The minimum Gasteiger partial charge on any atom is -0.493 e. The van der Waals surface area contributed by atoms with Crippen LogP contribution < -0.4 is 14.2 Å². The van der Waals surface area contributed by atoms with Gasteiger partial charge in [-0.3, -0.25) is 4.57 Å². The van der Waals surface area contributed by atoms with E-state index in [-0.39, 0.29) is 0 Å². The Kier molecular flexibility index (Phi) is 4.78. The van der Waals surface area contributed by atoms with Crippen molar-refractivity contribution in [1.29, 1.82) is 0 Å². The SMILES string of the molecule is [C-]#[N+]c1sc2nc(-c3cc(OC)c(OC)c(OC)c3)nc(-n3ccnc3)c2c1C. The largest absolute Gasteiger partial charge is 0.493 e. The third-order valence-electron chi connectivity index (χ3n) is 4.52. The number of aromatic nitrogens is 4. The summed E-state index contributed by atoms with van der Waals surface area (Å²) in [7, 11) is 4.68. The van der Waals surface area contributed by atoms with Gasteiger partial charge in [0.1, 0.15) is 17.0 Å². The highest BCUT2D eigenvalue weighted by molar-refractivity contribution is 7.22. The normalized spacial score (nSPS) is 10.7. The smallest absolute Gasteiger partial charge is 0.246 e. The number of thiophene rings is 1. The summed E-state index contributed by atoms with van der Waals surface area (Å²) in [6, 6.07) is 3.60. The molecule has 0 saturated carbocycles. The first-order chi connectivity index (χ1) is 14.1. The molecule has 29 heavy (non-hydrogen) atoms. The summed E-state index contributed by atoms with van der Waals surface area (Å²) >= 11 is 1.35. The van der Waals surface area contributed by atoms with Gasteiger partial charge in [-0.05, 0) is 24.6 Å². The third-order valence-corrected chi connectivity index (χ3v) is 5.60. The van der Waals surface area contributed by atoms with Crippen molar-refractivity contribution in [1.82, 2.24) is 19.5 Å². The predicted molar refractivity (Wildman–Crippen MR) is 111 cm³/mol. The first-order valence-electron chi connectivity index (χ1n) is 8.58. The molecule has 0 aliphatic heterocycles. The number of nitrogens with zero attached hydrogens (tertiary/aromatic N) is 5. The molecule has 1 aromatic carbocycles. The van der Waals surface area contributed by atoms with Crippen LogP contribution in [0, 0.1) is 13.5 Å². The maximum Gasteiger partial charge on any atom is 0.246 e. The quantitative estimate of drug-likeness (QED) is 0.456. The van der Waals surface area contributed by atoms with E-state index in [1.54, 1.807) is 46.0 Å². The van der Waals surface area contributed by atoms with Crippen LogP contribution in [0.3, 0.4) is 0 Å². The molecule has 0 aliphatic carbocycles. The molecule has 0 radical (unpaired) electrons. The summed E-state index contributed by atoms with van der Waals surface area (Å²) in [6.07, 6.45) is 5.18. The summed E-state index contributed by atoms with van der Waals surface area (Å²) in [6.45, 7) is 9.36. The first kappa shape index (κ1) is 18.7. The number of hydrogen-bond donors (Lipinski definition) is 0. The summed E-state index contributed by atoms with van der Waals surface area (Å²) < 4.78 is 18.1. The fraction of sp³-hybridized carbons (Fsp3) is 0.200. The standard InChI is InChI=1S/C20H17N5O3S/c1-11-15-18(25-7-6-22-10-25)23-17(24-20(15)29-19(11)21-2)12-8-13(26-3)16(28-5)14(9-12)27-4/h6-10H,1,3-5H3. The summed E-state index contributed by atoms with van der Waals surface area (Å²) in [5, 5.41) is 1.44. The zero-order valence-corrected chi connectivity index (χ0v) is 17.1. The Hall–Kier alpha value is -3.64. The number of fused-ring (bicyclic) bond motifs is 1. The zero-order valence-electron chi connectivity index (χ0n) is 16.3. The molecule has 9 heteroatoms. The van der Waals surface area contributed by atoms with E-state index in [9.17, 15) is 0 Å². The van der Waals surface area contributed by atoms with Gasteiger partial charge in [0.15, 0.2) is 17.3 Å². The molecule has 0 saturated heterocycles. The van der Waals surface area contributed by atoms with E-state index in [0.717, 1.165) is 15.8 Å². The van der Waals surface area contributed by atoms with Gasteiger partial charge in [0.05, 0.1) is 27.9 Å². The van der Waals surface area contributed by atoms with Crippen LogP contribution in [0.5, 0.6) is 17.2 Å². The molecular formula is C20H17N5O3S. The number of imidazole rings is 1. The highest BCUT2D eigenvalue weighted by Gasteiger charge is 2.20. The Morgan fingerprint density at radius 3 is 2.34 bits per heavy atom. The van der Waals surface area contributed by atoms with Crippen molar-refractivity contribution in [3.63, 3.8) is 0 Å². The Morgan fingerprint density at radius 1 is 1.07 bits per heavy atom. The minimum absolute atomic E-state index is 0.484. The van der Waals surface area contributed by atoms with Crippen LogP contribution in [0.4, 0.5) is 5.00 Å². The minimum atomic E-state index is 0.484. The molecule has 0 fully saturated rings. The van der Waals surface area contributed by atoms with E-state index in [2.05, 4.69) is 9.83 Å². The lowest BCUT2D eigenvalue weighted by molar-refractivity contribution is 0.324. The van der Waals surface area contributed by atoms with E-state index >= 15 is 0 Å². The first-order valence-corrected chi connectivity index (χ1v) is 9.40. The van der Waals surface area contributed by atoms with Gasteiger partial charge >= 0.3 is 0 Å². The molecule has 0 bridgehead atoms. The molecule has 0 spiro atoms. The summed E-state index contributed by atoms with van der Waals surface area (Å²) in [5.41, 5.74) is 1.57. The Labute approximate surface area is 171 Å². The van der Waals surface area contributed by atoms with Gasteiger partial charge in [0, 0.05) is 23.3 Å². The number of ether oxygens (including phenoxy) is 3. The number of methoxy groups -OCH3 is 3. The van der Waals surface area contributed by atoms with Gasteiger partial charge in [-0.15, -0.1) is 11.3 Å². The van der Waals surface area contributed by atoms with Crippen LogP contribution in [-0.4, -0.2) is 40.8 Å². The van der Waals surface area contributed by atoms with E-state index in [1.807, 2.05) is 17.7 Å². The second-order valence-electron chi connectivity index (χ2n) is 6.08. The van der Waals surface area contributed by atoms with Crippen molar-refractivity contribution >= 4 is 26.6 Å². The van der Waals surface area contributed by atoms with Crippen molar-refractivity contribution in [2.24, 2.45) is 0 Å². The molecule has 0 aliphatic rings. The lowest BCUT2D eigenvalue weighted by atomic mass is 10.1.